The van der Waals surface area contributed by atoms with Crippen molar-refractivity contribution in [3.05, 3.63) is 66.0 Å². The number of anilines is 2. The number of hydrogen-bond acceptors (Lipinski definition) is 7. The number of benzene rings is 1. The summed E-state index contributed by atoms with van der Waals surface area (Å²) in [6.07, 6.45) is 4.59. The van der Waals surface area contributed by atoms with E-state index in [0.29, 0.717) is 11.4 Å². The minimum absolute atomic E-state index is 0.116. The molecule has 0 radical (unpaired) electrons. The molecule has 0 saturated carbocycles. The first-order valence-electron chi connectivity index (χ1n) is 10.3. The smallest absolute Gasteiger partial charge is 0.276 e. The Balaban J connectivity index is 1.41. The molecule has 3 aromatic heterocycles. The number of nitrogens with zero attached hydrogens (tertiary/aromatic N) is 6. The lowest BCUT2D eigenvalue weighted by Gasteiger charge is -2.08. The van der Waals surface area contributed by atoms with Crippen LogP contribution in [0.25, 0.3) is 0 Å². The van der Waals surface area contributed by atoms with Crippen molar-refractivity contribution in [2.75, 3.05) is 17.7 Å². The van der Waals surface area contributed by atoms with Gasteiger partial charge in [-0.25, -0.2) is 4.68 Å². The molecule has 0 saturated heterocycles. The van der Waals surface area contributed by atoms with Crippen molar-refractivity contribution >= 4 is 23.2 Å². The van der Waals surface area contributed by atoms with E-state index in [1.54, 1.807) is 68.6 Å². The van der Waals surface area contributed by atoms with E-state index < -0.39 is 11.8 Å². The van der Waals surface area contributed by atoms with Gasteiger partial charge in [0.05, 0.1) is 36.6 Å². The maximum Gasteiger partial charge on any atom is 0.276 e. The Labute approximate surface area is 195 Å². The summed E-state index contributed by atoms with van der Waals surface area (Å²) in [7, 11) is 4.99. The Morgan fingerprint density at radius 3 is 2.24 bits per heavy atom. The molecule has 0 bridgehead atoms. The SMILES string of the molecule is COc1ccc(OCn2ccc(C(=O)Nc3cnn(C)c3C(=O)Nc3cnn(C)c3C)n2)cc1. The Morgan fingerprint density at radius 1 is 0.912 bits per heavy atom. The Morgan fingerprint density at radius 2 is 1.56 bits per heavy atom. The molecular formula is C22H24N8O4. The summed E-state index contributed by atoms with van der Waals surface area (Å²) in [5.74, 6) is 0.453. The van der Waals surface area contributed by atoms with Crippen LogP contribution in [-0.4, -0.2) is 48.3 Å². The second kappa shape index (κ2) is 9.48. The largest absolute Gasteiger partial charge is 0.497 e. The van der Waals surface area contributed by atoms with Gasteiger partial charge in [-0.2, -0.15) is 15.3 Å². The molecule has 0 unspecified atom stereocenters. The van der Waals surface area contributed by atoms with Crippen LogP contribution in [0.15, 0.2) is 48.9 Å². The molecule has 3 heterocycles. The number of carbonyl (C=O) groups is 2. The predicted octanol–water partition coefficient (Wildman–Crippen LogP) is 2.21. The summed E-state index contributed by atoms with van der Waals surface area (Å²) in [4.78, 5) is 25.6. The molecule has 0 spiro atoms. The average molecular weight is 464 g/mol. The van der Waals surface area contributed by atoms with E-state index in [0.717, 1.165) is 11.4 Å². The van der Waals surface area contributed by atoms with Crippen LogP contribution in [0, 0.1) is 6.92 Å². The quantitative estimate of drug-likeness (QED) is 0.409. The summed E-state index contributed by atoms with van der Waals surface area (Å²) < 4.78 is 15.3. The Bertz CT molecular complexity index is 1320. The molecule has 2 amide bonds. The van der Waals surface area contributed by atoms with Crippen LogP contribution in [0.4, 0.5) is 11.4 Å². The topological polar surface area (TPSA) is 130 Å². The zero-order valence-electron chi connectivity index (χ0n) is 19.1. The fourth-order valence-electron chi connectivity index (χ4n) is 3.15. The molecular weight excluding hydrogens is 440 g/mol. The first kappa shape index (κ1) is 22.6. The van der Waals surface area contributed by atoms with Gasteiger partial charge in [0.25, 0.3) is 11.8 Å². The van der Waals surface area contributed by atoms with Crippen molar-refractivity contribution in [1.29, 1.82) is 0 Å². The van der Waals surface area contributed by atoms with Crippen molar-refractivity contribution in [1.82, 2.24) is 29.3 Å². The van der Waals surface area contributed by atoms with E-state index in [2.05, 4.69) is 25.9 Å². The molecule has 0 aliphatic rings. The number of carbonyl (C=O) groups excluding carboxylic acids is 2. The van der Waals surface area contributed by atoms with Crippen molar-refractivity contribution in [3.8, 4) is 11.5 Å². The van der Waals surface area contributed by atoms with Crippen LogP contribution >= 0.6 is 0 Å². The van der Waals surface area contributed by atoms with E-state index in [1.807, 2.05) is 6.92 Å². The predicted molar refractivity (Wildman–Crippen MR) is 123 cm³/mol. The van der Waals surface area contributed by atoms with Crippen LogP contribution < -0.4 is 20.1 Å². The summed E-state index contributed by atoms with van der Waals surface area (Å²) in [6, 6.07) is 8.68. The minimum Gasteiger partial charge on any atom is -0.497 e. The van der Waals surface area contributed by atoms with E-state index in [-0.39, 0.29) is 23.8 Å². The van der Waals surface area contributed by atoms with Crippen molar-refractivity contribution < 1.29 is 19.1 Å². The normalized spacial score (nSPS) is 10.7. The molecule has 4 aromatic rings. The number of aromatic nitrogens is 6. The van der Waals surface area contributed by atoms with Gasteiger partial charge >= 0.3 is 0 Å². The van der Waals surface area contributed by atoms with Crippen LogP contribution in [-0.2, 0) is 20.8 Å². The van der Waals surface area contributed by atoms with Crippen molar-refractivity contribution in [2.24, 2.45) is 14.1 Å². The number of aryl methyl sites for hydroxylation is 2. The summed E-state index contributed by atoms with van der Waals surface area (Å²) in [6.45, 7) is 1.95. The first-order chi connectivity index (χ1) is 16.4. The molecule has 34 heavy (non-hydrogen) atoms. The second-order valence-electron chi connectivity index (χ2n) is 7.40. The Kier molecular flexibility index (Phi) is 6.30. The number of amides is 2. The van der Waals surface area contributed by atoms with Gasteiger partial charge in [-0.3, -0.25) is 19.0 Å². The molecule has 2 N–H and O–H groups in total. The summed E-state index contributed by atoms with van der Waals surface area (Å²) >= 11 is 0. The fraction of sp³-hybridized carbons (Fsp3) is 0.227. The number of ether oxygens (including phenoxy) is 2. The molecule has 0 aliphatic heterocycles. The van der Waals surface area contributed by atoms with E-state index in [1.165, 1.54) is 15.6 Å². The van der Waals surface area contributed by atoms with Gasteiger partial charge in [0, 0.05) is 20.3 Å². The van der Waals surface area contributed by atoms with Crippen molar-refractivity contribution in [3.63, 3.8) is 0 Å². The molecule has 0 fully saturated rings. The van der Waals surface area contributed by atoms with Gasteiger partial charge in [-0.15, -0.1) is 0 Å². The highest BCUT2D eigenvalue weighted by molar-refractivity contribution is 6.11. The van der Waals surface area contributed by atoms with Gasteiger partial charge in [0.1, 0.15) is 17.2 Å². The van der Waals surface area contributed by atoms with Crippen LogP contribution in [0.5, 0.6) is 11.5 Å². The highest BCUT2D eigenvalue weighted by atomic mass is 16.5. The molecule has 4 rings (SSSR count). The van der Waals surface area contributed by atoms with E-state index in [9.17, 15) is 9.59 Å². The fourth-order valence-corrected chi connectivity index (χ4v) is 3.15. The third-order valence-corrected chi connectivity index (χ3v) is 5.18. The van der Waals surface area contributed by atoms with E-state index in [4.69, 9.17) is 9.47 Å². The highest BCUT2D eigenvalue weighted by Gasteiger charge is 2.21. The van der Waals surface area contributed by atoms with Crippen molar-refractivity contribution in [2.45, 2.75) is 13.7 Å². The number of hydrogen-bond donors (Lipinski definition) is 2. The van der Waals surface area contributed by atoms with Crippen LogP contribution in [0.2, 0.25) is 0 Å². The Hall–Kier alpha value is -4.61. The number of nitrogens with one attached hydrogen (secondary N) is 2. The molecule has 12 heteroatoms. The highest BCUT2D eigenvalue weighted by Crippen LogP contribution is 2.20. The maximum absolute atomic E-state index is 12.9. The van der Waals surface area contributed by atoms with Gasteiger partial charge in [-0.1, -0.05) is 0 Å². The molecule has 0 atom stereocenters. The number of rotatable bonds is 8. The lowest BCUT2D eigenvalue weighted by Crippen LogP contribution is -2.21. The third kappa shape index (κ3) is 4.75. The maximum atomic E-state index is 12.9. The lowest BCUT2D eigenvalue weighted by atomic mass is 10.3. The average Bonchev–Trinajstić information content (AvgIpc) is 3.54. The second-order valence-corrected chi connectivity index (χ2v) is 7.40. The third-order valence-electron chi connectivity index (χ3n) is 5.18. The van der Waals surface area contributed by atoms with Gasteiger partial charge in [0.15, 0.2) is 12.4 Å². The van der Waals surface area contributed by atoms with Gasteiger partial charge in [-0.05, 0) is 37.3 Å². The molecule has 176 valence electrons. The monoisotopic (exact) mass is 464 g/mol. The van der Waals surface area contributed by atoms with Crippen LogP contribution in [0.3, 0.4) is 0 Å². The minimum atomic E-state index is -0.484. The van der Waals surface area contributed by atoms with Crippen LogP contribution in [0.1, 0.15) is 26.7 Å². The van der Waals surface area contributed by atoms with Gasteiger partial charge in [0.2, 0.25) is 0 Å². The molecule has 1 aromatic carbocycles. The van der Waals surface area contributed by atoms with Gasteiger partial charge < -0.3 is 20.1 Å². The molecule has 0 aliphatic carbocycles. The zero-order chi connectivity index (χ0) is 24.2. The van der Waals surface area contributed by atoms with E-state index >= 15 is 0 Å². The summed E-state index contributed by atoms with van der Waals surface area (Å²) in [5.41, 5.74) is 1.98. The first-order valence-corrected chi connectivity index (χ1v) is 10.3. The number of methoxy groups -OCH3 is 1. The molecule has 12 nitrogen and oxygen atoms in total. The summed E-state index contributed by atoms with van der Waals surface area (Å²) in [5, 5.41) is 17.9. The zero-order valence-corrected chi connectivity index (χ0v) is 19.1. The standard InChI is InChI=1S/C22H24N8O4/c1-14-18(11-23-28(14)2)25-22(32)20-19(12-24-29(20)3)26-21(31)17-9-10-30(27-17)13-34-16-7-5-15(33-4)6-8-16/h5-12H,13H2,1-4H3,(H,25,32)(H,26,31). The lowest BCUT2D eigenvalue weighted by molar-refractivity contribution is 0.101.